The van der Waals surface area contributed by atoms with Crippen LogP contribution in [0, 0.1) is 12.7 Å². The number of nitrogens with zero attached hydrogens (tertiary/aromatic N) is 2. The highest BCUT2D eigenvalue weighted by Crippen LogP contribution is 2.34. The highest BCUT2D eigenvalue weighted by Gasteiger charge is 2.25. The van der Waals surface area contributed by atoms with Crippen molar-refractivity contribution < 1.29 is 23.5 Å². The minimum atomic E-state index is -0.606. The second-order valence-corrected chi connectivity index (χ2v) is 9.10. The number of nitrogens with one attached hydrogen (secondary N) is 1. The summed E-state index contributed by atoms with van der Waals surface area (Å²) >= 11 is 1.03. The minimum absolute atomic E-state index is 0.161. The number of benzene rings is 2. The Bertz CT molecular complexity index is 1490. The molecule has 0 fully saturated rings. The van der Waals surface area contributed by atoms with Crippen molar-refractivity contribution in [1.82, 2.24) is 9.78 Å². The number of anilines is 1. The van der Waals surface area contributed by atoms with Gasteiger partial charge in [-0.3, -0.25) is 9.59 Å². The van der Waals surface area contributed by atoms with E-state index in [-0.39, 0.29) is 28.8 Å². The van der Waals surface area contributed by atoms with Crippen molar-refractivity contribution >= 4 is 40.1 Å². The van der Waals surface area contributed by atoms with Gasteiger partial charge in [0, 0.05) is 23.4 Å². The number of esters is 1. The largest absolute Gasteiger partial charge is 0.462 e. The number of rotatable bonds is 8. The summed E-state index contributed by atoms with van der Waals surface area (Å²) in [5.74, 6) is -1.68. The first kappa shape index (κ1) is 25.7. The molecule has 0 aliphatic heterocycles. The van der Waals surface area contributed by atoms with Gasteiger partial charge in [0.2, 0.25) is 5.91 Å². The molecule has 2 heterocycles. The Morgan fingerprint density at radius 3 is 2.46 bits per heavy atom. The van der Waals surface area contributed by atoms with Crippen molar-refractivity contribution in [3.05, 3.63) is 94.3 Å². The number of hydrogen-bond acceptors (Lipinski definition) is 6. The van der Waals surface area contributed by atoms with Crippen LogP contribution in [0.15, 0.2) is 66.9 Å². The number of ketones is 1. The molecule has 0 aliphatic carbocycles. The third-order valence-electron chi connectivity index (χ3n) is 5.48. The SMILES string of the molecule is CCOC(=O)c1c(NC(=O)/C=C/c2cn(-c3ccccc3)nc2-c2ccc(F)cc2)sc(C(C)=O)c1C. The van der Waals surface area contributed by atoms with Crippen molar-refractivity contribution in [2.24, 2.45) is 0 Å². The van der Waals surface area contributed by atoms with E-state index in [4.69, 9.17) is 4.74 Å². The molecule has 0 unspecified atom stereocenters. The number of para-hydroxylation sites is 1. The maximum Gasteiger partial charge on any atom is 0.341 e. The Morgan fingerprint density at radius 2 is 1.81 bits per heavy atom. The van der Waals surface area contributed by atoms with E-state index >= 15 is 0 Å². The smallest absolute Gasteiger partial charge is 0.341 e. The molecular formula is C28H24FN3O4S. The fraction of sp³-hybridized carbons (Fsp3) is 0.143. The first-order chi connectivity index (χ1) is 17.8. The van der Waals surface area contributed by atoms with Crippen molar-refractivity contribution in [2.75, 3.05) is 11.9 Å². The highest BCUT2D eigenvalue weighted by molar-refractivity contribution is 7.18. The van der Waals surface area contributed by atoms with Crippen LogP contribution >= 0.6 is 11.3 Å². The first-order valence-electron chi connectivity index (χ1n) is 11.5. The van der Waals surface area contributed by atoms with Crippen LogP contribution in [0.4, 0.5) is 9.39 Å². The van der Waals surface area contributed by atoms with E-state index in [0.29, 0.717) is 27.3 Å². The van der Waals surface area contributed by atoms with Crippen LogP contribution in [-0.2, 0) is 9.53 Å². The van der Waals surface area contributed by atoms with Crippen molar-refractivity contribution in [3.63, 3.8) is 0 Å². The number of carbonyl (C=O) groups is 3. The van der Waals surface area contributed by atoms with Gasteiger partial charge >= 0.3 is 5.97 Å². The summed E-state index contributed by atoms with van der Waals surface area (Å²) in [5, 5.41) is 7.60. The van der Waals surface area contributed by atoms with Crippen LogP contribution in [0.3, 0.4) is 0 Å². The lowest BCUT2D eigenvalue weighted by molar-refractivity contribution is -0.111. The van der Waals surface area contributed by atoms with Crippen molar-refractivity contribution in [1.29, 1.82) is 0 Å². The molecule has 1 amide bonds. The van der Waals surface area contributed by atoms with E-state index in [0.717, 1.165) is 17.0 Å². The van der Waals surface area contributed by atoms with E-state index in [2.05, 4.69) is 10.4 Å². The minimum Gasteiger partial charge on any atom is -0.462 e. The van der Waals surface area contributed by atoms with Crippen molar-refractivity contribution in [3.8, 4) is 16.9 Å². The summed E-state index contributed by atoms with van der Waals surface area (Å²) < 4.78 is 20.3. The molecule has 0 radical (unpaired) electrons. The standard InChI is InChI=1S/C28H24FN3O4S/c1-4-36-28(35)24-17(2)26(18(3)33)37-27(24)30-23(34)15-12-20-16-32(22-8-6-5-7-9-22)31-25(20)19-10-13-21(29)14-11-19/h5-16H,4H2,1-3H3,(H,30,34)/b15-12+. The fourth-order valence-electron chi connectivity index (χ4n) is 3.76. The quantitative estimate of drug-likeness (QED) is 0.174. The zero-order valence-electron chi connectivity index (χ0n) is 20.4. The monoisotopic (exact) mass is 517 g/mol. The second kappa shape index (κ2) is 11.1. The molecule has 0 saturated carbocycles. The molecular weight excluding hydrogens is 493 g/mol. The fourth-order valence-corrected chi connectivity index (χ4v) is 4.85. The zero-order valence-corrected chi connectivity index (χ0v) is 21.3. The van der Waals surface area contributed by atoms with Gasteiger partial charge in [0.15, 0.2) is 5.78 Å². The van der Waals surface area contributed by atoms with Gasteiger partial charge < -0.3 is 10.1 Å². The van der Waals surface area contributed by atoms with Crippen LogP contribution in [0.1, 0.15) is 45.0 Å². The maximum atomic E-state index is 13.5. The van der Waals surface area contributed by atoms with Gasteiger partial charge in [-0.15, -0.1) is 11.3 Å². The van der Waals surface area contributed by atoms with Crippen LogP contribution in [0.25, 0.3) is 23.0 Å². The van der Waals surface area contributed by atoms with E-state index in [1.165, 1.54) is 25.1 Å². The Hall–Kier alpha value is -4.37. The first-order valence-corrected chi connectivity index (χ1v) is 12.3. The Labute approximate surface area is 217 Å². The van der Waals surface area contributed by atoms with Crippen LogP contribution in [0.5, 0.6) is 0 Å². The predicted molar refractivity (Wildman–Crippen MR) is 142 cm³/mol. The van der Waals surface area contributed by atoms with Gasteiger partial charge in [-0.1, -0.05) is 18.2 Å². The van der Waals surface area contributed by atoms with Gasteiger partial charge in [-0.2, -0.15) is 5.10 Å². The summed E-state index contributed by atoms with van der Waals surface area (Å²) in [4.78, 5) is 37.8. The number of amides is 1. The number of thiophene rings is 1. The summed E-state index contributed by atoms with van der Waals surface area (Å²) in [5.41, 5.74) is 3.33. The molecule has 2 aromatic heterocycles. The lowest BCUT2D eigenvalue weighted by Crippen LogP contribution is -2.12. The lowest BCUT2D eigenvalue weighted by Gasteiger charge is -2.05. The molecule has 0 saturated heterocycles. The van der Waals surface area contributed by atoms with Gasteiger partial charge in [0.25, 0.3) is 0 Å². The van der Waals surface area contributed by atoms with E-state index in [1.807, 2.05) is 30.3 Å². The molecule has 0 spiro atoms. The third-order valence-corrected chi connectivity index (χ3v) is 6.79. The molecule has 7 nitrogen and oxygen atoms in total. The van der Waals surface area contributed by atoms with E-state index in [1.54, 1.807) is 42.9 Å². The molecule has 4 rings (SSSR count). The molecule has 9 heteroatoms. The lowest BCUT2D eigenvalue weighted by atomic mass is 10.1. The topological polar surface area (TPSA) is 90.3 Å². The summed E-state index contributed by atoms with van der Waals surface area (Å²) in [6, 6.07) is 15.4. The normalized spacial score (nSPS) is 11.0. The van der Waals surface area contributed by atoms with Crippen LogP contribution in [-0.4, -0.2) is 34.0 Å². The summed E-state index contributed by atoms with van der Waals surface area (Å²) in [6.07, 6.45) is 4.68. The average molecular weight is 518 g/mol. The molecule has 4 aromatic rings. The highest BCUT2D eigenvalue weighted by atomic mass is 32.1. The number of halogens is 1. The zero-order chi connectivity index (χ0) is 26.5. The number of hydrogen-bond donors (Lipinski definition) is 1. The molecule has 0 bridgehead atoms. The number of ether oxygens (including phenoxy) is 1. The molecule has 2 aromatic carbocycles. The maximum absolute atomic E-state index is 13.5. The Balaban J connectivity index is 1.66. The van der Waals surface area contributed by atoms with E-state index < -0.39 is 11.9 Å². The molecule has 1 N–H and O–H groups in total. The molecule has 37 heavy (non-hydrogen) atoms. The Morgan fingerprint density at radius 1 is 1.11 bits per heavy atom. The van der Waals surface area contributed by atoms with Crippen LogP contribution < -0.4 is 5.32 Å². The molecule has 0 atom stereocenters. The number of aromatic nitrogens is 2. The third kappa shape index (κ3) is 5.73. The van der Waals surface area contributed by atoms with Gasteiger partial charge in [-0.25, -0.2) is 13.9 Å². The predicted octanol–water partition coefficient (Wildman–Crippen LogP) is 6.08. The Kier molecular flexibility index (Phi) is 7.74. The molecule has 0 aliphatic rings. The van der Waals surface area contributed by atoms with Crippen molar-refractivity contribution in [2.45, 2.75) is 20.8 Å². The molecule has 188 valence electrons. The van der Waals surface area contributed by atoms with Crippen LogP contribution in [0.2, 0.25) is 0 Å². The number of Topliss-reactive ketones (excluding diaryl/α,β-unsaturated/α-hetero) is 1. The van der Waals surface area contributed by atoms with Gasteiger partial charge in [0.1, 0.15) is 10.8 Å². The number of carbonyl (C=O) groups excluding carboxylic acids is 3. The summed E-state index contributed by atoms with van der Waals surface area (Å²) in [6.45, 7) is 4.90. The average Bonchev–Trinajstić information content (AvgIpc) is 3.45. The summed E-state index contributed by atoms with van der Waals surface area (Å²) in [7, 11) is 0. The van der Waals surface area contributed by atoms with Gasteiger partial charge in [-0.05, 0) is 68.8 Å². The van der Waals surface area contributed by atoms with E-state index in [9.17, 15) is 18.8 Å². The second-order valence-electron chi connectivity index (χ2n) is 8.08. The van der Waals surface area contributed by atoms with Gasteiger partial charge in [0.05, 0.1) is 28.4 Å².